The third kappa shape index (κ3) is 10.0. The van der Waals surface area contributed by atoms with Gasteiger partial charge in [0, 0.05) is 18.6 Å². The molecule has 0 radical (unpaired) electrons. The van der Waals surface area contributed by atoms with Crippen LogP contribution in [0.5, 0.6) is 0 Å². The van der Waals surface area contributed by atoms with E-state index in [1.54, 1.807) is 0 Å². The fourth-order valence-electron chi connectivity index (χ4n) is 3.86. The quantitative estimate of drug-likeness (QED) is 0.352. The van der Waals surface area contributed by atoms with Crippen LogP contribution in [0.1, 0.15) is 52.9 Å². The Hall–Kier alpha value is -2.20. The van der Waals surface area contributed by atoms with Crippen molar-refractivity contribution in [3.05, 3.63) is 0 Å². The molecule has 2 unspecified atom stereocenters. The zero-order valence-electron chi connectivity index (χ0n) is 18.1. The number of aliphatic carboxylic acids is 3. The van der Waals surface area contributed by atoms with Gasteiger partial charge in [-0.1, -0.05) is 33.6 Å². The van der Waals surface area contributed by atoms with E-state index in [2.05, 4.69) is 26.1 Å². The predicted octanol–water partition coefficient (Wildman–Crippen LogP) is 0.708. The Morgan fingerprint density at radius 3 is 1.57 bits per heavy atom. The standard InChI is InChI=1S/C20H35N3O7/c1-20(2,3)8-9-21-16(24)10-22(11-17(25)26)14-6-4-5-7-15(14)23(12-18(27)28)13-19(29)30/h14-15H,4-13H2,1-3H3,(H,21,24)(H,25,26)(H,27,28)(H,29,30). The number of hydrogen-bond acceptors (Lipinski definition) is 6. The van der Waals surface area contributed by atoms with Crippen molar-refractivity contribution in [1.29, 1.82) is 0 Å². The van der Waals surface area contributed by atoms with Gasteiger partial charge in [0.1, 0.15) is 0 Å². The van der Waals surface area contributed by atoms with Crippen LogP contribution in [0, 0.1) is 5.41 Å². The maximum absolute atomic E-state index is 12.4. The topological polar surface area (TPSA) is 147 Å². The van der Waals surface area contributed by atoms with Crippen molar-refractivity contribution < 1.29 is 34.5 Å². The number of carbonyl (C=O) groups is 4. The maximum Gasteiger partial charge on any atom is 0.317 e. The second-order valence-corrected chi connectivity index (χ2v) is 9.07. The first kappa shape index (κ1) is 25.8. The Bertz CT molecular complexity index is 602. The summed E-state index contributed by atoms with van der Waals surface area (Å²) in [6.07, 6.45) is 3.48. The monoisotopic (exact) mass is 429 g/mol. The lowest BCUT2D eigenvalue weighted by Gasteiger charge is -2.43. The van der Waals surface area contributed by atoms with Crippen molar-refractivity contribution in [2.45, 2.75) is 65.0 Å². The fourth-order valence-corrected chi connectivity index (χ4v) is 3.86. The third-order valence-electron chi connectivity index (χ3n) is 5.19. The van der Waals surface area contributed by atoms with Gasteiger partial charge in [-0.05, 0) is 24.7 Å². The van der Waals surface area contributed by atoms with Crippen molar-refractivity contribution in [3.8, 4) is 0 Å². The molecule has 1 rings (SSSR count). The molecule has 1 saturated carbocycles. The van der Waals surface area contributed by atoms with Crippen LogP contribution in [0.25, 0.3) is 0 Å². The first-order chi connectivity index (χ1) is 13.9. The minimum Gasteiger partial charge on any atom is -0.480 e. The molecule has 1 aliphatic rings. The van der Waals surface area contributed by atoms with Crippen molar-refractivity contribution in [2.75, 3.05) is 32.7 Å². The predicted molar refractivity (Wildman–Crippen MR) is 109 cm³/mol. The van der Waals surface area contributed by atoms with Gasteiger partial charge < -0.3 is 20.6 Å². The highest BCUT2D eigenvalue weighted by atomic mass is 16.4. The first-order valence-corrected chi connectivity index (χ1v) is 10.3. The van der Waals surface area contributed by atoms with E-state index in [-0.39, 0.29) is 24.4 Å². The lowest BCUT2D eigenvalue weighted by molar-refractivity contribution is -0.147. The van der Waals surface area contributed by atoms with E-state index in [4.69, 9.17) is 0 Å². The summed E-state index contributed by atoms with van der Waals surface area (Å²) in [6.45, 7) is 5.24. The van der Waals surface area contributed by atoms with E-state index < -0.39 is 43.1 Å². The zero-order chi connectivity index (χ0) is 22.9. The maximum atomic E-state index is 12.4. The molecule has 0 heterocycles. The molecule has 10 nitrogen and oxygen atoms in total. The number of carbonyl (C=O) groups excluding carboxylic acids is 1. The summed E-state index contributed by atoms with van der Waals surface area (Å²) in [6, 6.07) is -0.866. The molecule has 0 aromatic carbocycles. The molecule has 4 N–H and O–H groups in total. The molecule has 30 heavy (non-hydrogen) atoms. The van der Waals surface area contributed by atoms with E-state index in [1.165, 1.54) is 9.80 Å². The summed E-state index contributed by atoms with van der Waals surface area (Å²) in [4.78, 5) is 49.3. The highest BCUT2D eigenvalue weighted by Gasteiger charge is 2.37. The normalized spacial score (nSPS) is 19.6. The Balaban J connectivity index is 2.95. The van der Waals surface area contributed by atoms with E-state index in [0.29, 0.717) is 19.4 Å². The van der Waals surface area contributed by atoms with Crippen molar-refractivity contribution >= 4 is 23.8 Å². The second-order valence-electron chi connectivity index (χ2n) is 9.07. The van der Waals surface area contributed by atoms with Gasteiger partial charge in [0.25, 0.3) is 0 Å². The average molecular weight is 430 g/mol. The van der Waals surface area contributed by atoms with Gasteiger partial charge in [0.2, 0.25) is 5.91 Å². The summed E-state index contributed by atoms with van der Waals surface area (Å²) < 4.78 is 0. The molecule has 1 fully saturated rings. The summed E-state index contributed by atoms with van der Waals surface area (Å²) >= 11 is 0. The van der Waals surface area contributed by atoms with Gasteiger partial charge in [-0.25, -0.2) is 0 Å². The minimum atomic E-state index is -1.15. The number of nitrogens with zero attached hydrogens (tertiary/aromatic N) is 2. The molecule has 1 amide bonds. The first-order valence-electron chi connectivity index (χ1n) is 10.3. The summed E-state index contributed by atoms with van der Waals surface area (Å²) in [5, 5.41) is 30.6. The Labute approximate surface area is 177 Å². The van der Waals surface area contributed by atoms with Crippen LogP contribution < -0.4 is 5.32 Å². The Morgan fingerprint density at radius 1 is 0.800 bits per heavy atom. The number of hydrogen-bond donors (Lipinski definition) is 4. The van der Waals surface area contributed by atoms with E-state index in [0.717, 1.165) is 19.3 Å². The Morgan fingerprint density at radius 2 is 1.20 bits per heavy atom. The van der Waals surface area contributed by atoms with Crippen LogP contribution in [0.15, 0.2) is 0 Å². The summed E-state index contributed by atoms with van der Waals surface area (Å²) in [5.74, 6) is -3.69. The number of rotatable bonds is 12. The van der Waals surface area contributed by atoms with Gasteiger partial charge in [-0.2, -0.15) is 0 Å². The van der Waals surface area contributed by atoms with Gasteiger partial charge in [-0.3, -0.25) is 29.0 Å². The highest BCUT2D eigenvalue weighted by molar-refractivity contribution is 5.79. The van der Waals surface area contributed by atoms with Crippen LogP contribution >= 0.6 is 0 Å². The smallest absolute Gasteiger partial charge is 0.317 e. The number of carboxylic acids is 3. The van der Waals surface area contributed by atoms with Gasteiger partial charge in [0.05, 0.1) is 26.2 Å². The molecule has 1 aliphatic carbocycles. The number of amides is 1. The van der Waals surface area contributed by atoms with Gasteiger partial charge in [0.15, 0.2) is 0 Å². The zero-order valence-corrected chi connectivity index (χ0v) is 18.1. The number of nitrogens with one attached hydrogen (secondary N) is 1. The van der Waals surface area contributed by atoms with Crippen LogP contribution in [0.4, 0.5) is 0 Å². The Kier molecular flexibility index (Phi) is 10.2. The molecule has 2 atom stereocenters. The fraction of sp³-hybridized carbons (Fsp3) is 0.800. The molecular formula is C20H35N3O7. The molecule has 172 valence electrons. The lowest BCUT2D eigenvalue weighted by atomic mass is 9.87. The number of carboxylic acid groups (broad SMARTS) is 3. The lowest BCUT2D eigenvalue weighted by Crippen LogP contribution is -2.58. The molecule has 10 heteroatoms. The van der Waals surface area contributed by atoms with Crippen molar-refractivity contribution in [3.63, 3.8) is 0 Å². The van der Waals surface area contributed by atoms with Crippen LogP contribution in [0.3, 0.4) is 0 Å². The molecule has 0 aliphatic heterocycles. The van der Waals surface area contributed by atoms with E-state index in [1.807, 2.05) is 0 Å². The van der Waals surface area contributed by atoms with Crippen LogP contribution in [-0.4, -0.2) is 93.7 Å². The molecular weight excluding hydrogens is 394 g/mol. The van der Waals surface area contributed by atoms with Crippen LogP contribution in [0.2, 0.25) is 0 Å². The van der Waals surface area contributed by atoms with Crippen LogP contribution in [-0.2, 0) is 19.2 Å². The molecule has 0 aromatic heterocycles. The van der Waals surface area contributed by atoms with E-state index in [9.17, 15) is 34.5 Å². The van der Waals surface area contributed by atoms with Gasteiger partial charge in [-0.15, -0.1) is 0 Å². The highest BCUT2D eigenvalue weighted by Crippen LogP contribution is 2.27. The molecule has 0 bridgehead atoms. The molecule has 0 saturated heterocycles. The minimum absolute atomic E-state index is 0.0522. The molecule has 0 spiro atoms. The summed E-state index contributed by atoms with van der Waals surface area (Å²) in [5.41, 5.74) is 0.0522. The van der Waals surface area contributed by atoms with Crippen molar-refractivity contribution in [1.82, 2.24) is 15.1 Å². The third-order valence-corrected chi connectivity index (χ3v) is 5.19. The summed E-state index contributed by atoms with van der Waals surface area (Å²) in [7, 11) is 0. The SMILES string of the molecule is CC(C)(C)CCNC(=O)CN(CC(=O)O)C1CCCCC1N(CC(=O)O)CC(=O)O. The average Bonchev–Trinajstić information content (AvgIpc) is 2.58. The van der Waals surface area contributed by atoms with E-state index >= 15 is 0 Å². The largest absolute Gasteiger partial charge is 0.480 e. The van der Waals surface area contributed by atoms with Gasteiger partial charge >= 0.3 is 17.9 Å². The second kappa shape index (κ2) is 11.8. The molecule has 0 aromatic rings. The van der Waals surface area contributed by atoms with Crippen molar-refractivity contribution in [2.24, 2.45) is 5.41 Å².